The monoisotopic (exact) mass is 535 g/mol. The lowest BCUT2D eigenvalue weighted by Gasteiger charge is -2.47. The summed E-state index contributed by atoms with van der Waals surface area (Å²) in [5, 5.41) is 3.68. The van der Waals surface area contributed by atoms with E-state index in [4.69, 9.17) is 14.7 Å². The van der Waals surface area contributed by atoms with E-state index in [1.807, 2.05) is 30.9 Å². The summed E-state index contributed by atoms with van der Waals surface area (Å²) < 4.78 is 4.93. The number of esters is 1. The third-order valence-electron chi connectivity index (χ3n) is 8.30. The summed E-state index contributed by atoms with van der Waals surface area (Å²) in [4.78, 5) is 39.9. The van der Waals surface area contributed by atoms with E-state index < -0.39 is 5.54 Å². The van der Waals surface area contributed by atoms with Gasteiger partial charge in [-0.05, 0) is 82.6 Å². The van der Waals surface area contributed by atoms with Crippen LogP contribution in [-0.4, -0.2) is 65.6 Å². The minimum absolute atomic E-state index is 0.0339. The highest BCUT2D eigenvalue weighted by Gasteiger charge is 2.38. The highest BCUT2D eigenvalue weighted by molar-refractivity contribution is 5.94. The molecule has 0 atom stereocenters. The van der Waals surface area contributed by atoms with Crippen LogP contribution in [0.15, 0.2) is 12.1 Å². The largest absolute Gasteiger partial charge is 0.465 e. The molecule has 1 N–H and O–H groups in total. The molecule has 1 aliphatic heterocycles. The zero-order valence-corrected chi connectivity index (χ0v) is 25.0. The molecule has 0 radical (unpaired) electrons. The Balaban J connectivity index is 1.53. The quantitative estimate of drug-likeness (QED) is 0.458. The number of rotatable bonds is 7. The lowest BCUT2D eigenvalue weighted by Crippen LogP contribution is -2.61. The van der Waals surface area contributed by atoms with Crippen LogP contribution in [0, 0.1) is 26.7 Å². The van der Waals surface area contributed by atoms with Crippen molar-refractivity contribution in [3.8, 4) is 0 Å². The van der Waals surface area contributed by atoms with Crippen molar-refractivity contribution in [3.05, 3.63) is 45.9 Å². The molecule has 2 aromatic heterocycles. The topological polar surface area (TPSA) is 87.7 Å². The lowest BCUT2D eigenvalue weighted by molar-refractivity contribution is 0.0505. The van der Waals surface area contributed by atoms with Gasteiger partial charge in [-0.15, -0.1) is 0 Å². The minimum Gasteiger partial charge on any atom is -0.465 e. The maximum absolute atomic E-state index is 13.9. The summed E-state index contributed by atoms with van der Waals surface area (Å²) in [5.41, 5.74) is 5.20. The number of amides is 1. The molecule has 4 rings (SSSR count). The van der Waals surface area contributed by atoms with Crippen molar-refractivity contribution < 1.29 is 14.3 Å². The fourth-order valence-corrected chi connectivity index (χ4v) is 6.16. The highest BCUT2D eigenvalue weighted by Crippen LogP contribution is 2.32. The number of pyridine rings is 2. The van der Waals surface area contributed by atoms with Crippen LogP contribution >= 0.6 is 0 Å². The first-order valence-corrected chi connectivity index (χ1v) is 14.3. The van der Waals surface area contributed by atoms with Gasteiger partial charge in [0, 0.05) is 26.2 Å². The predicted octanol–water partition coefficient (Wildman–Crippen LogP) is 5.65. The molecular weight excluding hydrogens is 490 g/mol. The van der Waals surface area contributed by atoms with Crippen LogP contribution < -0.4 is 10.2 Å². The molecule has 2 aromatic rings. The van der Waals surface area contributed by atoms with Crippen molar-refractivity contribution in [3.63, 3.8) is 0 Å². The molecule has 2 aliphatic rings. The zero-order valence-electron chi connectivity index (χ0n) is 25.0. The second kappa shape index (κ2) is 11.5. The number of carbonyl (C=O) groups excluding carboxylic acids is 2. The smallest absolute Gasteiger partial charge is 0.339 e. The lowest BCUT2D eigenvalue weighted by atomic mass is 9.97. The number of nitrogens with one attached hydrogen (secondary N) is 1. The summed E-state index contributed by atoms with van der Waals surface area (Å²) in [7, 11) is 1.38. The number of hydrogen-bond donors (Lipinski definition) is 1. The molecule has 8 nitrogen and oxygen atoms in total. The number of methoxy groups -OCH3 is 1. The Morgan fingerprint density at radius 3 is 2.36 bits per heavy atom. The molecule has 1 aliphatic carbocycles. The molecule has 3 heterocycles. The van der Waals surface area contributed by atoms with Gasteiger partial charge in [0.2, 0.25) is 0 Å². The first-order valence-electron chi connectivity index (χ1n) is 14.3. The van der Waals surface area contributed by atoms with Crippen molar-refractivity contribution in [2.75, 3.05) is 43.5 Å². The van der Waals surface area contributed by atoms with Crippen molar-refractivity contribution >= 4 is 23.4 Å². The van der Waals surface area contributed by atoms with Crippen LogP contribution in [0.4, 0.5) is 11.5 Å². The van der Waals surface area contributed by atoms with Crippen molar-refractivity contribution in [2.24, 2.45) is 5.92 Å². The summed E-state index contributed by atoms with van der Waals surface area (Å²) >= 11 is 0. The van der Waals surface area contributed by atoms with E-state index >= 15 is 0 Å². The third-order valence-corrected chi connectivity index (χ3v) is 8.30. The van der Waals surface area contributed by atoms with E-state index in [2.05, 4.69) is 44.8 Å². The fraction of sp³-hybridized carbons (Fsp3) is 0.613. The predicted molar refractivity (Wildman–Crippen MR) is 156 cm³/mol. The van der Waals surface area contributed by atoms with E-state index in [1.54, 1.807) is 0 Å². The molecule has 0 bridgehead atoms. The van der Waals surface area contributed by atoms with E-state index in [0.717, 1.165) is 40.8 Å². The second-order valence-electron chi connectivity index (χ2n) is 12.2. The van der Waals surface area contributed by atoms with Gasteiger partial charge >= 0.3 is 5.97 Å². The van der Waals surface area contributed by atoms with Crippen LogP contribution in [0.3, 0.4) is 0 Å². The number of hydrogen-bond acceptors (Lipinski definition) is 7. The first-order chi connectivity index (χ1) is 18.4. The number of piperazine rings is 1. The Morgan fingerprint density at radius 1 is 1.08 bits per heavy atom. The Bertz CT molecular complexity index is 1210. The van der Waals surface area contributed by atoms with Gasteiger partial charge < -0.3 is 19.9 Å². The van der Waals surface area contributed by atoms with Gasteiger partial charge in [-0.1, -0.05) is 26.7 Å². The second-order valence-corrected chi connectivity index (χ2v) is 12.2. The van der Waals surface area contributed by atoms with Crippen molar-refractivity contribution in [2.45, 2.75) is 85.6 Å². The fourth-order valence-electron chi connectivity index (χ4n) is 6.16. The number of aromatic nitrogens is 2. The number of anilines is 2. The van der Waals surface area contributed by atoms with Gasteiger partial charge in [0.15, 0.2) is 0 Å². The maximum atomic E-state index is 13.9. The molecule has 2 fully saturated rings. The molecule has 0 spiro atoms. The Hall–Kier alpha value is -3.16. The summed E-state index contributed by atoms with van der Waals surface area (Å²) in [5.74, 6) is 1.34. The van der Waals surface area contributed by atoms with Crippen LogP contribution in [0.1, 0.15) is 103 Å². The molecule has 1 saturated carbocycles. The maximum Gasteiger partial charge on any atom is 0.339 e. The first kappa shape index (κ1) is 28.8. The Kier molecular flexibility index (Phi) is 8.52. The van der Waals surface area contributed by atoms with Crippen LogP contribution in [0.5, 0.6) is 0 Å². The number of carbonyl (C=O) groups is 2. The third kappa shape index (κ3) is 6.04. The van der Waals surface area contributed by atoms with Crippen LogP contribution in [0.2, 0.25) is 0 Å². The highest BCUT2D eigenvalue weighted by atomic mass is 16.5. The SMILES string of the molecule is COC(=O)c1c(C)cc(N2CCN(C(=O)c3cc(C)c(NCC4CCCC4)c(C(C)C)n3)C(C)(C)C2)nc1C. The van der Waals surface area contributed by atoms with Gasteiger partial charge in [-0.25, -0.2) is 14.8 Å². The van der Waals surface area contributed by atoms with E-state index in [9.17, 15) is 9.59 Å². The number of nitrogens with zero attached hydrogens (tertiary/aromatic N) is 4. The molecular formula is C31H45N5O3. The van der Waals surface area contributed by atoms with Gasteiger partial charge in [0.25, 0.3) is 5.91 Å². The molecule has 0 aromatic carbocycles. The normalized spacial score (nSPS) is 17.6. The van der Waals surface area contributed by atoms with E-state index in [0.29, 0.717) is 36.6 Å². The van der Waals surface area contributed by atoms with Crippen molar-refractivity contribution in [1.82, 2.24) is 14.9 Å². The minimum atomic E-state index is -0.438. The average molecular weight is 536 g/mol. The van der Waals surface area contributed by atoms with Crippen LogP contribution in [-0.2, 0) is 4.74 Å². The molecule has 8 heteroatoms. The number of ether oxygens (including phenoxy) is 1. The van der Waals surface area contributed by atoms with Crippen molar-refractivity contribution in [1.29, 1.82) is 0 Å². The Morgan fingerprint density at radius 2 is 1.77 bits per heavy atom. The number of aryl methyl sites for hydroxylation is 3. The average Bonchev–Trinajstić information content (AvgIpc) is 3.39. The standard InChI is InChI=1S/C31H45N5O3/c1-19(2)27-28(32-17-23-11-9-10-12-23)21(4)15-24(34-27)29(37)36-14-13-35(18-31(36,6)7)25-16-20(3)26(22(5)33-25)30(38)39-8/h15-16,19,23,32H,9-14,17-18H2,1-8H3. The van der Waals surface area contributed by atoms with E-state index in [-0.39, 0.29) is 17.8 Å². The molecule has 212 valence electrons. The van der Waals surface area contributed by atoms with E-state index in [1.165, 1.54) is 32.8 Å². The molecule has 1 saturated heterocycles. The van der Waals surface area contributed by atoms with Gasteiger partial charge in [-0.2, -0.15) is 0 Å². The van der Waals surface area contributed by atoms with Gasteiger partial charge in [0.1, 0.15) is 11.5 Å². The summed E-state index contributed by atoms with van der Waals surface area (Å²) in [6, 6.07) is 3.89. The summed E-state index contributed by atoms with van der Waals surface area (Å²) in [6.45, 7) is 17.1. The summed E-state index contributed by atoms with van der Waals surface area (Å²) in [6.07, 6.45) is 5.23. The molecule has 0 unspecified atom stereocenters. The van der Waals surface area contributed by atoms with Gasteiger partial charge in [0.05, 0.1) is 35.3 Å². The Labute approximate surface area is 233 Å². The van der Waals surface area contributed by atoms with Gasteiger partial charge in [-0.3, -0.25) is 4.79 Å². The molecule has 39 heavy (non-hydrogen) atoms. The zero-order chi connectivity index (χ0) is 28.5. The van der Waals surface area contributed by atoms with Crippen LogP contribution in [0.25, 0.3) is 0 Å². The molecule has 1 amide bonds.